The first-order valence-electron chi connectivity index (χ1n) is 8.07. The number of nitrogens with one attached hydrogen (secondary N) is 1. The second-order valence-electron chi connectivity index (χ2n) is 5.77. The maximum atomic E-state index is 13.0. The number of hydrogen-bond acceptors (Lipinski definition) is 3. The van der Waals surface area contributed by atoms with Gasteiger partial charge in [0.2, 0.25) is 0 Å². The van der Waals surface area contributed by atoms with Crippen LogP contribution in [0.4, 0.5) is 0 Å². The van der Waals surface area contributed by atoms with E-state index in [1.807, 2.05) is 42.5 Å². The third-order valence-corrected chi connectivity index (χ3v) is 5.15. The summed E-state index contributed by atoms with van der Waals surface area (Å²) in [6.07, 6.45) is 1.73. The maximum Gasteiger partial charge on any atom is 0.278 e. The van der Waals surface area contributed by atoms with Crippen LogP contribution in [0, 0.1) is 0 Å². The Kier molecular flexibility index (Phi) is 4.15. The van der Waals surface area contributed by atoms with Crippen molar-refractivity contribution in [2.24, 2.45) is 0 Å². The van der Waals surface area contributed by atoms with Crippen molar-refractivity contribution in [1.29, 1.82) is 0 Å². The fraction of sp³-hybridized carbons (Fsp3) is 0.100. The molecule has 124 valence electrons. The molecule has 0 fully saturated rings. The quantitative estimate of drug-likeness (QED) is 0.332. The lowest BCUT2D eigenvalue weighted by Gasteiger charge is -2.10. The number of allylic oxidation sites excluding steroid dienone is 1. The van der Waals surface area contributed by atoms with E-state index in [2.05, 4.69) is 23.7 Å². The minimum atomic E-state index is -0.0586. The van der Waals surface area contributed by atoms with Crippen molar-refractivity contribution in [3.05, 3.63) is 83.2 Å². The van der Waals surface area contributed by atoms with E-state index >= 15 is 0 Å². The van der Waals surface area contributed by atoms with E-state index in [0.717, 1.165) is 22.2 Å². The summed E-state index contributed by atoms with van der Waals surface area (Å²) in [6, 6.07) is 18.0. The molecular weight excluding hydrogens is 330 g/mol. The Labute approximate surface area is 149 Å². The molecule has 0 atom stereocenters. The molecule has 25 heavy (non-hydrogen) atoms. The predicted molar refractivity (Wildman–Crippen MR) is 104 cm³/mol. The van der Waals surface area contributed by atoms with E-state index in [1.54, 1.807) is 22.4 Å². The lowest BCUT2D eigenvalue weighted by molar-refractivity contribution is 0.671. The van der Waals surface area contributed by atoms with Crippen LogP contribution in [0.3, 0.4) is 0 Å². The van der Waals surface area contributed by atoms with Gasteiger partial charge in [0.05, 0.1) is 0 Å². The first-order chi connectivity index (χ1) is 12.3. The zero-order chi connectivity index (χ0) is 17.2. The van der Waals surface area contributed by atoms with Crippen molar-refractivity contribution in [1.82, 2.24) is 14.5 Å². The molecule has 0 aliphatic carbocycles. The van der Waals surface area contributed by atoms with Gasteiger partial charge in [-0.15, -0.1) is 6.58 Å². The third-order valence-electron chi connectivity index (χ3n) is 4.10. The number of H-pyrrole nitrogens is 1. The van der Waals surface area contributed by atoms with Gasteiger partial charge in [0, 0.05) is 23.2 Å². The van der Waals surface area contributed by atoms with E-state index in [9.17, 15) is 4.79 Å². The van der Waals surface area contributed by atoms with Gasteiger partial charge in [0.15, 0.2) is 5.16 Å². The smallest absolute Gasteiger partial charge is 0.278 e. The minimum absolute atomic E-state index is 0.0586. The molecule has 0 unspecified atom stereocenters. The summed E-state index contributed by atoms with van der Waals surface area (Å²) in [5, 5.41) is 1.69. The van der Waals surface area contributed by atoms with E-state index in [0.29, 0.717) is 17.2 Å². The fourth-order valence-corrected chi connectivity index (χ4v) is 3.86. The Balaban J connectivity index is 1.85. The van der Waals surface area contributed by atoms with Gasteiger partial charge in [0.25, 0.3) is 5.56 Å². The minimum Gasteiger partial charge on any atom is -0.349 e. The molecule has 0 aliphatic heterocycles. The number of benzene rings is 2. The molecule has 4 rings (SSSR count). The van der Waals surface area contributed by atoms with Crippen LogP contribution in [0.15, 0.2) is 77.2 Å². The molecule has 0 saturated heterocycles. The van der Waals surface area contributed by atoms with Crippen molar-refractivity contribution in [3.8, 4) is 0 Å². The highest BCUT2D eigenvalue weighted by molar-refractivity contribution is 7.98. The molecule has 2 aromatic carbocycles. The molecule has 0 radical (unpaired) electrons. The fourth-order valence-electron chi connectivity index (χ4n) is 2.90. The van der Waals surface area contributed by atoms with Gasteiger partial charge in [-0.1, -0.05) is 66.4 Å². The van der Waals surface area contributed by atoms with Crippen molar-refractivity contribution in [2.45, 2.75) is 17.5 Å². The van der Waals surface area contributed by atoms with E-state index < -0.39 is 0 Å². The van der Waals surface area contributed by atoms with Gasteiger partial charge in [-0.05, 0) is 11.6 Å². The second-order valence-corrected chi connectivity index (χ2v) is 6.71. The number of rotatable bonds is 5. The normalized spacial score (nSPS) is 11.2. The number of aromatic amines is 1. The van der Waals surface area contributed by atoms with Gasteiger partial charge in [-0.3, -0.25) is 9.36 Å². The largest absolute Gasteiger partial charge is 0.349 e. The highest BCUT2D eigenvalue weighted by atomic mass is 32.2. The van der Waals surface area contributed by atoms with Crippen LogP contribution in [-0.2, 0) is 12.3 Å². The summed E-state index contributed by atoms with van der Waals surface area (Å²) >= 11 is 1.57. The topological polar surface area (TPSA) is 50.7 Å². The number of hydrogen-bond donors (Lipinski definition) is 1. The Hall–Kier alpha value is -2.79. The van der Waals surface area contributed by atoms with Crippen molar-refractivity contribution >= 4 is 33.7 Å². The van der Waals surface area contributed by atoms with Crippen LogP contribution < -0.4 is 5.56 Å². The number of para-hydroxylation sites is 1. The van der Waals surface area contributed by atoms with Crippen LogP contribution >= 0.6 is 11.8 Å². The maximum absolute atomic E-state index is 13.0. The van der Waals surface area contributed by atoms with Gasteiger partial charge in [-0.2, -0.15) is 0 Å². The number of aromatic nitrogens is 3. The zero-order valence-electron chi connectivity index (χ0n) is 13.6. The summed E-state index contributed by atoms with van der Waals surface area (Å²) in [7, 11) is 0. The average molecular weight is 347 g/mol. The molecule has 4 nitrogen and oxygen atoms in total. The van der Waals surface area contributed by atoms with E-state index in [-0.39, 0.29) is 5.56 Å². The molecular formula is C20H17N3OS. The van der Waals surface area contributed by atoms with Crippen LogP contribution in [0.5, 0.6) is 0 Å². The SMILES string of the molecule is C=CCn1c(SCc2ccccc2)nc2c([nH]c3ccccc32)c1=O. The van der Waals surface area contributed by atoms with Crippen LogP contribution in [0.1, 0.15) is 5.56 Å². The Morgan fingerprint density at radius 3 is 2.68 bits per heavy atom. The Morgan fingerprint density at radius 2 is 1.88 bits per heavy atom. The molecule has 2 heterocycles. The van der Waals surface area contributed by atoms with Crippen molar-refractivity contribution < 1.29 is 0 Å². The van der Waals surface area contributed by atoms with Crippen molar-refractivity contribution in [2.75, 3.05) is 0 Å². The number of fused-ring (bicyclic) bond motifs is 3. The predicted octanol–water partition coefficient (Wildman–Crippen LogP) is 4.36. The van der Waals surface area contributed by atoms with Gasteiger partial charge in [-0.25, -0.2) is 4.98 Å². The van der Waals surface area contributed by atoms with Crippen LogP contribution in [0.25, 0.3) is 21.9 Å². The highest BCUT2D eigenvalue weighted by Crippen LogP contribution is 2.26. The Morgan fingerprint density at radius 1 is 1.12 bits per heavy atom. The third kappa shape index (κ3) is 2.87. The molecule has 2 aromatic heterocycles. The Bertz CT molecular complexity index is 1110. The highest BCUT2D eigenvalue weighted by Gasteiger charge is 2.15. The number of nitrogens with zero attached hydrogens (tertiary/aromatic N) is 2. The molecule has 0 bridgehead atoms. The van der Waals surface area contributed by atoms with Gasteiger partial charge < -0.3 is 4.98 Å². The molecule has 0 saturated carbocycles. The molecule has 0 spiro atoms. The first kappa shape index (κ1) is 15.7. The van der Waals surface area contributed by atoms with Gasteiger partial charge >= 0.3 is 0 Å². The first-order valence-corrected chi connectivity index (χ1v) is 9.05. The molecule has 0 amide bonds. The summed E-state index contributed by atoms with van der Waals surface area (Å²) < 4.78 is 1.68. The lowest BCUT2D eigenvalue weighted by Crippen LogP contribution is -2.22. The summed E-state index contributed by atoms with van der Waals surface area (Å²) in [6.45, 7) is 4.21. The lowest BCUT2D eigenvalue weighted by atomic mass is 10.2. The zero-order valence-corrected chi connectivity index (χ0v) is 14.4. The molecule has 0 aliphatic rings. The number of thioether (sulfide) groups is 1. The second kappa shape index (κ2) is 6.61. The molecule has 5 heteroatoms. The standard InChI is InChI=1S/C20H17N3OS/c1-2-12-23-19(24)18-17(15-10-6-7-11-16(15)21-18)22-20(23)25-13-14-8-4-3-5-9-14/h2-11,21H,1,12-13H2. The van der Waals surface area contributed by atoms with E-state index in [4.69, 9.17) is 4.98 Å². The van der Waals surface area contributed by atoms with Gasteiger partial charge in [0.1, 0.15) is 11.0 Å². The molecule has 1 N–H and O–H groups in total. The molecule has 4 aromatic rings. The summed E-state index contributed by atoms with van der Waals surface area (Å²) in [4.78, 5) is 21.0. The van der Waals surface area contributed by atoms with Crippen LogP contribution in [0.2, 0.25) is 0 Å². The van der Waals surface area contributed by atoms with E-state index in [1.165, 1.54) is 5.56 Å². The van der Waals surface area contributed by atoms with Crippen LogP contribution in [-0.4, -0.2) is 14.5 Å². The summed E-state index contributed by atoms with van der Waals surface area (Å²) in [5.41, 5.74) is 3.35. The monoisotopic (exact) mass is 347 g/mol. The average Bonchev–Trinajstić information content (AvgIpc) is 3.02. The van der Waals surface area contributed by atoms with Crippen molar-refractivity contribution in [3.63, 3.8) is 0 Å². The summed E-state index contributed by atoms with van der Waals surface area (Å²) in [5.74, 6) is 0.762.